The van der Waals surface area contributed by atoms with Crippen LogP contribution in [0.5, 0.6) is 0 Å². The molecule has 0 aliphatic rings. The van der Waals surface area contributed by atoms with Crippen LogP contribution in [-0.2, 0) is 0 Å². The molecule has 0 bridgehead atoms. The van der Waals surface area contributed by atoms with Gasteiger partial charge in [0.05, 0.1) is 5.69 Å². The van der Waals surface area contributed by atoms with Crippen LogP contribution in [0, 0.1) is 24.4 Å². The highest BCUT2D eigenvalue weighted by atomic mass is 19.2. The summed E-state index contributed by atoms with van der Waals surface area (Å²) >= 11 is 0. The van der Waals surface area contributed by atoms with Crippen molar-refractivity contribution in [3.8, 4) is 0 Å². The number of anilines is 3. The van der Waals surface area contributed by atoms with Crippen molar-refractivity contribution in [1.29, 1.82) is 0 Å². The van der Waals surface area contributed by atoms with Gasteiger partial charge in [0.15, 0.2) is 29.1 Å². The number of halogens is 3. The fourth-order valence-electron chi connectivity index (χ4n) is 2.20. The second-order valence-corrected chi connectivity index (χ2v) is 5.48. The minimum atomic E-state index is -1.58. The predicted molar refractivity (Wildman–Crippen MR) is 90.8 cm³/mol. The first-order valence-corrected chi connectivity index (χ1v) is 7.56. The summed E-state index contributed by atoms with van der Waals surface area (Å²) < 4.78 is 39.8. The van der Waals surface area contributed by atoms with E-state index in [9.17, 15) is 18.0 Å². The van der Waals surface area contributed by atoms with Gasteiger partial charge in [-0.3, -0.25) is 4.79 Å². The van der Waals surface area contributed by atoms with Crippen LogP contribution in [-0.4, -0.2) is 16.1 Å². The molecule has 0 aliphatic heterocycles. The van der Waals surface area contributed by atoms with Crippen LogP contribution in [0.2, 0.25) is 0 Å². The van der Waals surface area contributed by atoms with Gasteiger partial charge >= 0.3 is 0 Å². The van der Waals surface area contributed by atoms with Gasteiger partial charge in [-0.15, -0.1) is 10.2 Å². The summed E-state index contributed by atoms with van der Waals surface area (Å²) in [5.74, 6) is -4.28. The van der Waals surface area contributed by atoms with Crippen molar-refractivity contribution in [3.63, 3.8) is 0 Å². The van der Waals surface area contributed by atoms with E-state index in [1.807, 2.05) is 13.0 Å². The van der Waals surface area contributed by atoms with Crippen LogP contribution in [0.3, 0.4) is 0 Å². The van der Waals surface area contributed by atoms with Gasteiger partial charge in [0, 0.05) is 5.56 Å². The zero-order chi connectivity index (χ0) is 18.7. The summed E-state index contributed by atoms with van der Waals surface area (Å²) in [6.45, 7) is 1.87. The van der Waals surface area contributed by atoms with Crippen LogP contribution in [0.15, 0.2) is 48.5 Å². The Morgan fingerprint density at radius 2 is 1.65 bits per heavy atom. The zero-order valence-corrected chi connectivity index (χ0v) is 13.6. The summed E-state index contributed by atoms with van der Waals surface area (Å²) in [5.41, 5.74) is 1.13. The highest BCUT2D eigenvalue weighted by Gasteiger charge is 2.14. The Hall–Kier alpha value is -3.42. The van der Waals surface area contributed by atoms with E-state index in [-0.39, 0.29) is 23.2 Å². The number of hydrogen-bond acceptors (Lipinski definition) is 4. The number of nitrogens with zero attached hydrogens (tertiary/aromatic N) is 2. The number of carbonyl (C=O) groups is 1. The molecule has 2 aromatic carbocycles. The van der Waals surface area contributed by atoms with Crippen molar-refractivity contribution in [3.05, 3.63) is 77.1 Å². The Kier molecular flexibility index (Phi) is 4.83. The number of amides is 1. The van der Waals surface area contributed by atoms with Crippen molar-refractivity contribution in [2.75, 3.05) is 10.6 Å². The fourth-order valence-corrected chi connectivity index (χ4v) is 2.20. The van der Waals surface area contributed by atoms with Crippen molar-refractivity contribution >= 4 is 23.2 Å². The van der Waals surface area contributed by atoms with E-state index in [4.69, 9.17) is 0 Å². The first kappa shape index (κ1) is 17.4. The SMILES string of the molecule is Cc1cccc(C(=O)Nc2ccc(Nc3ccc(F)c(F)c3F)nn2)c1. The molecule has 26 heavy (non-hydrogen) atoms. The van der Waals surface area contributed by atoms with Crippen LogP contribution in [0.4, 0.5) is 30.5 Å². The molecule has 1 heterocycles. The maximum atomic E-state index is 13.6. The number of hydrogen-bond donors (Lipinski definition) is 2. The second-order valence-electron chi connectivity index (χ2n) is 5.48. The van der Waals surface area contributed by atoms with Gasteiger partial charge in [-0.1, -0.05) is 17.7 Å². The molecule has 8 heteroatoms. The quantitative estimate of drug-likeness (QED) is 0.686. The highest BCUT2D eigenvalue weighted by Crippen LogP contribution is 2.22. The number of carbonyl (C=O) groups excluding carboxylic acids is 1. The van der Waals surface area contributed by atoms with Gasteiger partial charge in [0.1, 0.15) is 0 Å². The molecule has 0 radical (unpaired) electrons. The van der Waals surface area contributed by atoms with Crippen molar-refractivity contribution in [2.24, 2.45) is 0 Å². The van der Waals surface area contributed by atoms with Gasteiger partial charge in [0.2, 0.25) is 0 Å². The summed E-state index contributed by atoms with van der Waals surface area (Å²) in [4.78, 5) is 12.1. The molecule has 1 amide bonds. The van der Waals surface area contributed by atoms with Crippen LogP contribution < -0.4 is 10.6 Å². The molecule has 0 saturated heterocycles. The maximum absolute atomic E-state index is 13.6. The summed E-state index contributed by atoms with van der Waals surface area (Å²) in [6, 6.07) is 11.7. The lowest BCUT2D eigenvalue weighted by Gasteiger charge is -2.08. The summed E-state index contributed by atoms with van der Waals surface area (Å²) in [5, 5.41) is 12.6. The molecule has 1 aromatic heterocycles. The molecule has 3 aromatic rings. The largest absolute Gasteiger partial charge is 0.336 e. The summed E-state index contributed by atoms with van der Waals surface area (Å²) in [6.07, 6.45) is 0. The number of aromatic nitrogens is 2. The molecule has 0 unspecified atom stereocenters. The van der Waals surface area contributed by atoms with Gasteiger partial charge < -0.3 is 10.6 Å². The Morgan fingerprint density at radius 1 is 0.923 bits per heavy atom. The molecule has 132 valence electrons. The second kappa shape index (κ2) is 7.22. The van der Waals surface area contributed by atoms with Gasteiger partial charge in [-0.05, 0) is 43.3 Å². The lowest BCUT2D eigenvalue weighted by atomic mass is 10.1. The third-order valence-electron chi connectivity index (χ3n) is 3.48. The number of aryl methyl sites for hydroxylation is 1. The van der Waals surface area contributed by atoms with Crippen molar-refractivity contribution in [1.82, 2.24) is 10.2 Å². The van der Waals surface area contributed by atoms with Crippen LogP contribution in [0.1, 0.15) is 15.9 Å². The molecular weight excluding hydrogens is 345 g/mol. The molecule has 0 atom stereocenters. The lowest BCUT2D eigenvalue weighted by molar-refractivity contribution is 0.102. The molecule has 0 spiro atoms. The number of rotatable bonds is 4. The molecule has 0 fully saturated rings. The number of benzene rings is 2. The lowest BCUT2D eigenvalue weighted by Crippen LogP contribution is -2.13. The Labute approximate surface area is 146 Å². The minimum Gasteiger partial charge on any atom is -0.336 e. The van der Waals surface area contributed by atoms with Gasteiger partial charge in [-0.25, -0.2) is 13.2 Å². The van der Waals surface area contributed by atoms with Crippen LogP contribution in [0.25, 0.3) is 0 Å². The van der Waals surface area contributed by atoms with E-state index in [0.29, 0.717) is 5.56 Å². The van der Waals surface area contributed by atoms with E-state index in [1.165, 1.54) is 12.1 Å². The third kappa shape index (κ3) is 3.80. The molecule has 0 aliphatic carbocycles. The Bertz CT molecular complexity index is 961. The molecule has 0 saturated carbocycles. The molecule has 2 N–H and O–H groups in total. The molecular formula is C18H13F3N4O. The fraction of sp³-hybridized carbons (Fsp3) is 0.0556. The van der Waals surface area contributed by atoms with E-state index in [1.54, 1.807) is 18.2 Å². The van der Waals surface area contributed by atoms with Gasteiger partial charge in [-0.2, -0.15) is 0 Å². The average Bonchev–Trinajstić information content (AvgIpc) is 2.64. The predicted octanol–water partition coefficient (Wildman–Crippen LogP) is 4.20. The smallest absolute Gasteiger partial charge is 0.256 e. The topological polar surface area (TPSA) is 66.9 Å². The zero-order valence-electron chi connectivity index (χ0n) is 13.6. The van der Waals surface area contributed by atoms with E-state index in [2.05, 4.69) is 20.8 Å². The van der Waals surface area contributed by atoms with Crippen LogP contribution >= 0.6 is 0 Å². The van der Waals surface area contributed by atoms with Crippen molar-refractivity contribution in [2.45, 2.75) is 6.92 Å². The third-order valence-corrected chi connectivity index (χ3v) is 3.48. The monoisotopic (exact) mass is 358 g/mol. The Balaban J connectivity index is 1.71. The highest BCUT2D eigenvalue weighted by molar-refractivity contribution is 6.03. The van der Waals surface area contributed by atoms with Gasteiger partial charge in [0.25, 0.3) is 5.91 Å². The van der Waals surface area contributed by atoms with Crippen molar-refractivity contribution < 1.29 is 18.0 Å². The van der Waals surface area contributed by atoms with E-state index in [0.717, 1.165) is 17.7 Å². The minimum absolute atomic E-state index is 0.100. The Morgan fingerprint density at radius 3 is 2.35 bits per heavy atom. The van der Waals surface area contributed by atoms with E-state index < -0.39 is 17.5 Å². The summed E-state index contributed by atoms with van der Waals surface area (Å²) in [7, 11) is 0. The first-order valence-electron chi connectivity index (χ1n) is 7.56. The van der Waals surface area contributed by atoms with E-state index >= 15 is 0 Å². The molecule has 3 rings (SSSR count). The first-order chi connectivity index (χ1) is 12.4. The number of nitrogens with one attached hydrogen (secondary N) is 2. The maximum Gasteiger partial charge on any atom is 0.256 e. The molecule has 5 nitrogen and oxygen atoms in total. The standard InChI is InChI=1S/C18H13F3N4O/c1-10-3-2-4-11(9-10)18(26)23-15-8-7-14(24-25-15)22-13-6-5-12(19)16(20)17(13)21/h2-9H,1H3,(H,22,24)(H,23,25,26). The average molecular weight is 358 g/mol. The normalized spacial score (nSPS) is 10.5.